The van der Waals surface area contributed by atoms with Gasteiger partial charge in [0.05, 0.1) is 6.61 Å². The normalized spacial score (nSPS) is 11.1. The molecular weight excluding hydrogens is 416 g/mol. The van der Waals surface area contributed by atoms with E-state index in [2.05, 4.69) is 0 Å². The van der Waals surface area contributed by atoms with E-state index in [0.717, 1.165) is 57.8 Å². The Hall–Kier alpha value is -1.10. The molecule has 0 aromatic carbocycles. The van der Waals surface area contributed by atoms with Crippen molar-refractivity contribution in [3.63, 3.8) is 0 Å². The summed E-state index contributed by atoms with van der Waals surface area (Å²) in [4.78, 5) is 22.2. The van der Waals surface area contributed by atoms with Gasteiger partial charge in [-0.3, -0.25) is 9.59 Å². The molecule has 196 valence electrons. The lowest BCUT2D eigenvalue weighted by molar-refractivity contribution is -0.144. The van der Waals surface area contributed by atoms with E-state index < -0.39 is 5.97 Å². The first kappa shape index (κ1) is 31.9. The van der Waals surface area contributed by atoms with Crippen LogP contribution >= 0.6 is 0 Å². The van der Waals surface area contributed by atoms with Crippen LogP contribution in [0.25, 0.3) is 0 Å². The Morgan fingerprint density at radius 2 is 0.788 bits per heavy atom. The summed E-state index contributed by atoms with van der Waals surface area (Å²) < 4.78 is 5.36. The summed E-state index contributed by atoms with van der Waals surface area (Å²) in [6, 6.07) is 0. The zero-order valence-electron chi connectivity index (χ0n) is 21.5. The lowest BCUT2D eigenvalue weighted by Crippen LogP contribution is -2.05. The first-order valence-electron chi connectivity index (χ1n) is 14.1. The van der Waals surface area contributed by atoms with Crippen LogP contribution in [0.3, 0.4) is 0 Å². The first-order chi connectivity index (χ1) is 16.2. The number of ether oxygens (including phenoxy) is 1. The SMILES string of the molecule is O=C(O)CCCCCCCCCCCCCOC(=O)CCCCCCCCCCCCCO. The summed E-state index contributed by atoms with van der Waals surface area (Å²) in [5.74, 6) is -0.708. The Morgan fingerprint density at radius 1 is 0.455 bits per heavy atom. The molecule has 0 spiro atoms. The summed E-state index contributed by atoms with van der Waals surface area (Å²) in [7, 11) is 0. The van der Waals surface area contributed by atoms with Crippen LogP contribution in [0.4, 0.5) is 0 Å². The average molecular weight is 471 g/mol. The van der Waals surface area contributed by atoms with Gasteiger partial charge >= 0.3 is 11.9 Å². The maximum Gasteiger partial charge on any atom is 0.305 e. The van der Waals surface area contributed by atoms with Crippen molar-refractivity contribution in [2.24, 2.45) is 0 Å². The van der Waals surface area contributed by atoms with Crippen molar-refractivity contribution in [2.45, 2.75) is 154 Å². The van der Waals surface area contributed by atoms with Gasteiger partial charge in [-0.2, -0.15) is 0 Å². The van der Waals surface area contributed by atoms with Crippen LogP contribution in [0.15, 0.2) is 0 Å². The van der Waals surface area contributed by atoms with E-state index in [0.29, 0.717) is 26.1 Å². The van der Waals surface area contributed by atoms with Crippen LogP contribution in [0.1, 0.15) is 154 Å². The molecule has 0 aliphatic carbocycles. The molecule has 0 unspecified atom stereocenters. The lowest BCUT2D eigenvalue weighted by atomic mass is 10.1. The van der Waals surface area contributed by atoms with Crippen LogP contribution in [-0.4, -0.2) is 35.4 Å². The third-order valence-corrected chi connectivity index (χ3v) is 6.34. The van der Waals surface area contributed by atoms with Gasteiger partial charge in [-0.25, -0.2) is 0 Å². The van der Waals surface area contributed by atoms with Crippen molar-refractivity contribution < 1.29 is 24.5 Å². The topological polar surface area (TPSA) is 83.8 Å². The second kappa shape index (κ2) is 27.1. The minimum Gasteiger partial charge on any atom is -0.481 e. The molecule has 0 amide bonds. The van der Waals surface area contributed by atoms with E-state index in [1.54, 1.807) is 0 Å². The van der Waals surface area contributed by atoms with Gasteiger partial charge in [-0.15, -0.1) is 0 Å². The molecule has 0 saturated carbocycles. The number of carboxylic acid groups (broad SMARTS) is 1. The van der Waals surface area contributed by atoms with Crippen LogP contribution in [0, 0.1) is 0 Å². The summed E-state index contributed by atoms with van der Waals surface area (Å²) in [6.07, 6.45) is 26.7. The van der Waals surface area contributed by atoms with Crippen LogP contribution in [0.5, 0.6) is 0 Å². The Bertz CT molecular complexity index is 425. The molecule has 0 bridgehead atoms. The number of rotatable bonds is 27. The number of carbonyl (C=O) groups excluding carboxylic acids is 1. The average Bonchev–Trinajstić information content (AvgIpc) is 2.79. The number of aliphatic hydroxyl groups excluding tert-OH is 1. The van der Waals surface area contributed by atoms with Crippen molar-refractivity contribution in [2.75, 3.05) is 13.2 Å². The van der Waals surface area contributed by atoms with E-state index in [1.165, 1.54) is 83.5 Å². The van der Waals surface area contributed by atoms with Crippen molar-refractivity contribution in [1.82, 2.24) is 0 Å². The summed E-state index contributed by atoms with van der Waals surface area (Å²) in [6.45, 7) is 0.906. The fourth-order valence-corrected chi connectivity index (χ4v) is 4.20. The second-order valence-corrected chi connectivity index (χ2v) is 9.62. The Kier molecular flexibility index (Phi) is 26.2. The smallest absolute Gasteiger partial charge is 0.305 e. The van der Waals surface area contributed by atoms with Crippen molar-refractivity contribution in [3.8, 4) is 0 Å². The molecule has 0 aromatic rings. The number of unbranched alkanes of at least 4 members (excludes halogenated alkanes) is 20. The van der Waals surface area contributed by atoms with Crippen LogP contribution in [-0.2, 0) is 14.3 Å². The number of hydrogen-bond donors (Lipinski definition) is 2. The van der Waals surface area contributed by atoms with Gasteiger partial charge in [-0.05, 0) is 25.7 Å². The molecule has 0 rings (SSSR count). The lowest BCUT2D eigenvalue weighted by Gasteiger charge is -2.06. The van der Waals surface area contributed by atoms with E-state index >= 15 is 0 Å². The molecule has 0 atom stereocenters. The predicted octanol–water partition coefficient (Wildman–Crippen LogP) is 7.97. The highest BCUT2D eigenvalue weighted by Crippen LogP contribution is 2.13. The van der Waals surface area contributed by atoms with E-state index in [-0.39, 0.29) is 5.97 Å². The highest BCUT2D eigenvalue weighted by molar-refractivity contribution is 5.69. The number of hydrogen-bond acceptors (Lipinski definition) is 4. The van der Waals surface area contributed by atoms with Gasteiger partial charge in [0.25, 0.3) is 0 Å². The number of aliphatic carboxylic acids is 1. The fraction of sp³-hybridized carbons (Fsp3) is 0.929. The molecule has 5 heteroatoms. The fourth-order valence-electron chi connectivity index (χ4n) is 4.20. The molecule has 33 heavy (non-hydrogen) atoms. The molecule has 0 radical (unpaired) electrons. The highest BCUT2D eigenvalue weighted by atomic mass is 16.5. The van der Waals surface area contributed by atoms with E-state index in [4.69, 9.17) is 14.9 Å². The number of carboxylic acids is 1. The van der Waals surface area contributed by atoms with Crippen molar-refractivity contribution >= 4 is 11.9 Å². The van der Waals surface area contributed by atoms with Gasteiger partial charge in [0.2, 0.25) is 0 Å². The van der Waals surface area contributed by atoms with Gasteiger partial charge in [-0.1, -0.05) is 116 Å². The standard InChI is InChI=1S/C28H54O5/c29-25-21-17-13-9-5-1-4-8-12-16-20-24-28(32)33-26-22-18-14-10-6-2-3-7-11-15-19-23-27(30)31/h29H,1-26H2,(H,30,31). The highest BCUT2D eigenvalue weighted by Gasteiger charge is 2.03. The largest absolute Gasteiger partial charge is 0.481 e. The Labute approximate surface area is 204 Å². The zero-order chi connectivity index (χ0) is 24.2. The van der Waals surface area contributed by atoms with Gasteiger partial charge < -0.3 is 14.9 Å². The third kappa shape index (κ3) is 28.9. The second-order valence-electron chi connectivity index (χ2n) is 9.62. The maximum atomic E-state index is 11.8. The monoisotopic (exact) mass is 470 g/mol. The molecule has 0 heterocycles. The Balaban J connectivity index is 3.15. The van der Waals surface area contributed by atoms with Gasteiger partial charge in [0.15, 0.2) is 0 Å². The molecule has 0 aliphatic rings. The molecule has 0 aromatic heterocycles. The first-order valence-corrected chi connectivity index (χ1v) is 14.1. The van der Waals surface area contributed by atoms with Gasteiger partial charge in [0.1, 0.15) is 0 Å². The zero-order valence-corrected chi connectivity index (χ0v) is 21.5. The number of esters is 1. The van der Waals surface area contributed by atoms with E-state index in [9.17, 15) is 9.59 Å². The number of carbonyl (C=O) groups is 2. The third-order valence-electron chi connectivity index (χ3n) is 6.34. The van der Waals surface area contributed by atoms with Crippen LogP contribution in [0.2, 0.25) is 0 Å². The van der Waals surface area contributed by atoms with E-state index in [1.807, 2.05) is 0 Å². The molecule has 2 N–H and O–H groups in total. The number of aliphatic hydroxyl groups is 1. The summed E-state index contributed by atoms with van der Waals surface area (Å²) >= 11 is 0. The van der Waals surface area contributed by atoms with Crippen molar-refractivity contribution in [3.05, 3.63) is 0 Å². The quantitative estimate of drug-likeness (QED) is 0.0939. The maximum absolute atomic E-state index is 11.8. The minimum absolute atomic E-state index is 0.0266. The minimum atomic E-state index is -0.681. The van der Waals surface area contributed by atoms with Crippen LogP contribution < -0.4 is 0 Å². The molecule has 0 aliphatic heterocycles. The molecule has 0 fully saturated rings. The van der Waals surface area contributed by atoms with Crippen molar-refractivity contribution in [1.29, 1.82) is 0 Å². The summed E-state index contributed by atoms with van der Waals surface area (Å²) in [5.41, 5.74) is 0. The van der Waals surface area contributed by atoms with Gasteiger partial charge in [0, 0.05) is 19.4 Å². The Morgan fingerprint density at radius 3 is 1.18 bits per heavy atom. The summed E-state index contributed by atoms with van der Waals surface area (Å²) in [5, 5.41) is 17.3. The molecule has 0 saturated heterocycles. The molecular formula is C28H54O5. The predicted molar refractivity (Wildman–Crippen MR) is 136 cm³/mol. The molecule has 5 nitrogen and oxygen atoms in total.